The van der Waals surface area contributed by atoms with Gasteiger partial charge in [-0.25, -0.2) is 15.8 Å². The van der Waals surface area contributed by atoms with E-state index in [0.29, 0.717) is 37.9 Å². The average Bonchev–Trinajstić information content (AvgIpc) is 2.29. The first kappa shape index (κ1) is 11.8. The lowest BCUT2D eigenvalue weighted by molar-refractivity contribution is 0.0716. The summed E-state index contributed by atoms with van der Waals surface area (Å²) in [7, 11) is 1.64. The van der Waals surface area contributed by atoms with Gasteiger partial charge in [-0.3, -0.25) is 0 Å². The first-order chi connectivity index (χ1) is 7.36. The van der Waals surface area contributed by atoms with Crippen molar-refractivity contribution < 1.29 is 9.47 Å². The second kappa shape index (κ2) is 7.10. The predicted molar refractivity (Wildman–Crippen MR) is 56.2 cm³/mol. The molecule has 0 saturated carbocycles. The Morgan fingerprint density at radius 2 is 2.27 bits per heavy atom. The molecule has 0 aliphatic carbocycles. The highest BCUT2D eigenvalue weighted by atomic mass is 16.5. The average molecular weight is 212 g/mol. The van der Waals surface area contributed by atoms with Crippen LogP contribution in [0.25, 0.3) is 0 Å². The topological polar surface area (TPSA) is 82.3 Å². The largest absolute Gasteiger partial charge is 0.382 e. The van der Waals surface area contributed by atoms with E-state index in [2.05, 4.69) is 15.4 Å². The van der Waals surface area contributed by atoms with E-state index in [0.717, 1.165) is 0 Å². The van der Waals surface area contributed by atoms with Crippen LogP contribution in [0.15, 0.2) is 12.3 Å². The molecule has 0 fully saturated rings. The Balaban J connectivity index is 2.24. The fourth-order valence-electron chi connectivity index (χ4n) is 1.01. The van der Waals surface area contributed by atoms with Crippen LogP contribution in [0, 0.1) is 0 Å². The van der Waals surface area contributed by atoms with Gasteiger partial charge in [0.1, 0.15) is 11.6 Å². The van der Waals surface area contributed by atoms with Gasteiger partial charge in [0, 0.05) is 25.8 Å². The molecule has 1 heterocycles. The number of hydrogen-bond acceptors (Lipinski definition) is 6. The molecule has 0 spiro atoms. The van der Waals surface area contributed by atoms with Crippen molar-refractivity contribution >= 4 is 5.82 Å². The highest BCUT2D eigenvalue weighted by Gasteiger charge is 1.98. The summed E-state index contributed by atoms with van der Waals surface area (Å²) in [5, 5.41) is 0. The molecule has 84 valence electrons. The number of hydrazine groups is 1. The van der Waals surface area contributed by atoms with Crippen molar-refractivity contribution in [3.63, 3.8) is 0 Å². The molecule has 0 unspecified atom stereocenters. The van der Waals surface area contributed by atoms with Gasteiger partial charge in [-0.2, -0.15) is 0 Å². The van der Waals surface area contributed by atoms with Crippen molar-refractivity contribution in [2.45, 2.75) is 6.42 Å². The summed E-state index contributed by atoms with van der Waals surface area (Å²) >= 11 is 0. The van der Waals surface area contributed by atoms with Crippen LogP contribution in [-0.4, -0.2) is 36.9 Å². The Bertz CT molecular complexity index is 283. The second-order valence-corrected chi connectivity index (χ2v) is 2.86. The summed E-state index contributed by atoms with van der Waals surface area (Å²) in [4.78, 5) is 8.24. The minimum atomic E-state index is 0.581. The molecule has 1 aromatic heterocycles. The molecule has 6 heteroatoms. The first-order valence-electron chi connectivity index (χ1n) is 4.72. The van der Waals surface area contributed by atoms with Crippen molar-refractivity contribution in [3.8, 4) is 0 Å². The van der Waals surface area contributed by atoms with Crippen molar-refractivity contribution in [1.29, 1.82) is 0 Å². The third-order valence-corrected chi connectivity index (χ3v) is 1.76. The third kappa shape index (κ3) is 4.68. The van der Waals surface area contributed by atoms with Crippen LogP contribution >= 0.6 is 0 Å². The lowest BCUT2D eigenvalue weighted by atomic mass is 10.4. The van der Waals surface area contributed by atoms with Gasteiger partial charge in [0.05, 0.1) is 19.8 Å². The molecular formula is C9H16N4O2. The number of ether oxygens (including phenoxy) is 2. The van der Waals surface area contributed by atoms with Crippen LogP contribution in [0.4, 0.5) is 5.82 Å². The van der Waals surface area contributed by atoms with Gasteiger partial charge in [-0.1, -0.05) is 0 Å². The van der Waals surface area contributed by atoms with E-state index in [1.54, 1.807) is 19.4 Å². The van der Waals surface area contributed by atoms with Gasteiger partial charge in [-0.05, 0) is 0 Å². The molecule has 15 heavy (non-hydrogen) atoms. The maximum Gasteiger partial charge on any atom is 0.143 e. The third-order valence-electron chi connectivity index (χ3n) is 1.76. The van der Waals surface area contributed by atoms with E-state index in [4.69, 9.17) is 15.3 Å². The molecule has 0 aliphatic rings. The molecule has 0 atom stereocenters. The standard InChI is InChI=1S/C9H16N4O2/c1-14-6-7-15-5-3-8-11-4-2-9(12-8)13-10/h2,4H,3,5-7,10H2,1H3,(H,11,12,13). The summed E-state index contributed by atoms with van der Waals surface area (Å²) < 4.78 is 10.1. The Kier molecular flexibility index (Phi) is 5.60. The fourth-order valence-corrected chi connectivity index (χ4v) is 1.01. The van der Waals surface area contributed by atoms with Gasteiger partial charge in [0.2, 0.25) is 0 Å². The van der Waals surface area contributed by atoms with Crippen LogP contribution in [0.1, 0.15) is 5.82 Å². The van der Waals surface area contributed by atoms with Gasteiger partial charge in [-0.15, -0.1) is 0 Å². The lowest BCUT2D eigenvalue weighted by Gasteiger charge is -2.04. The Morgan fingerprint density at radius 1 is 1.40 bits per heavy atom. The summed E-state index contributed by atoms with van der Waals surface area (Å²) in [6.07, 6.45) is 2.33. The second-order valence-electron chi connectivity index (χ2n) is 2.86. The first-order valence-corrected chi connectivity index (χ1v) is 4.72. The molecule has 0 radical (unpaired) electrons. The zero-order valence-corrected chi connectivity index (χ0v) is 8.77. The van der Waals surface area contributed by atoms with E-state index < -0.39 is 0 Å². The molecule has 1 aromatic rings. The summed E-state index contributed by atoms with van der Waals surface area (Å²) in [6.45, 7) is 1.77. The van der Waals surface area contributed by atoms with Crippen LogP contribution in [0.5, 0.6) is 0 Å². The fraction of sp³-hybridized carbons (Fsp3) is 0.556. The molecule has 6 nitrogen and oxygen atoms in total. The minimum absolute atomic E-state index is 0.581. The number of methoxy groups -OCH3 is 1. The van der Waals surface area contributed by atoms with Crippen LogP contribution in [0.2, 0.25) is 0 Å². The van der Waals surface area contributed by atoms with Gasteiger partial charge >= 0.3 is 0 Å². The highest BCUT2D eigenvalue weighted by Crippen LogP contribution is 2.00. The predicted octanol–water partition coefficient (Wildman–Crippen LogP) is -0.0323. The Hall–Kier alpha value is -1.24. The Morgan fingerprint density at radius 3 is 3.00 bits per heavy atom. The number of nitrogens with two attached hydrogens (primary N) is 1. The van der Waals surface area contributed by atoms with Crippen LogP contribution < -0.4 is 11.3 Å². The van der Waals surface area contributed by atoms with E-state index in [1.807, 2.05) is 0 Å². The number of nitrogen functional groups attached to an aromatic ring is 1. The lowest BCUT2D eigenvalue weighted by Crippen LogP contribution is -2.11. The summed E-state index contributed by atoms with van der Waals surface area (Å²) in [5.74, 6) is 6.54. The minimum Gasteiger partial charge on any atom is -0.382 e. The molecular weight excluding hydrogens is 196 g/mol. The van der Waals surface area contributed by atoms with Crippen molar-refractivity contribution in [1.82, 2.24) is 9.97 Å². The smallest absolute Gasteiger partial charge is 0.143 e. The highest BCUT2D eigenvalue weighted by molar-refractivity contribution is 5.30. The van der Waals surface area contributed by atoms with E-state index in [-0.39, 0.29) is 0 Å². The van der Waals surface area contributed by atoms with E-state index in [1.165, 1.54) is 0 Å². The number of rotatable bonds is 7. The SMILES string of the molecule is COCCOCCc1nccc(NN)n1. The monoisotopic (exact) mass is 212 g/mol. The quantitative estimate of drug-likeness (QED) is 0.375. The number of hydrogen-bond donors (Lipinski definition) is 2. The van der Waals surface area contributed by atoms with E-state index >= 15 is 0 Å². The molecule has 0 saturated heterocycles. The maximum absolute atomic E-state index is 5.29. The molecule has 3 N–H and O–H groups in total. The van der Waals surface area contributed by atoms with Gasteiger partial charge in [0.15, 0.2) is 0 Å². The van der Waals surface area contributed by atoms with Crippen molar-refractivity contribution in [2.75, 3.05) is 32.4 Å². The summed E-state index contributed by atoms with van der Waals surface area (Å²) in [6, 6.07) is 1.70. The van der Waals surface area contributed by atoms with Crippen LogP contribution in [-0.2, 0) is 15.9 Å². The molecule has 1 rings (SSSR count). The summed E-state index contributed by atoms with van der Waals surface area (Å²) in [5.41, 5.74) is 2.47. The number of aromatic nitrogens is 2. The van der Waals surface area contributed by atoms with E-state index in [9.17, 15) is 0 Å². The molecule has 0 aromatic carbocycles. The molecule has 0 aliphatic heterocycles. The van der Waals surface area contributed by atoms with Crippen molar-refractivity contribution in [2.24, 2.45) is 5.84 Å². The molecule has 0 amide bonds. The molecule has 0 bridgehead atoms. The zero-order chi connectivity index (χ0) is 10.9. The zero-order valence-electron chi connectivity index (χ0n) is 8.77. The van der Waals surface area contributed by atoms with Gasteiger partial charge < -0.3 is 14.9 Å². The Labute approximate surface area is 88.8 Å². The number of nitrogens with zero attached hydrogens (tertiary/aromatic N) is 2. The van der Waals surface area contributed by atoms with Crippen molar-refractivity contribution in [3.05, 3.63) is 18.1 Å². The van der Waals surface area contributed by atoms with Gasteiger partial charge in [0.25, 0.3) is 0 Å². The number of nitrogens with one attached hydrogen (secondary N) is 1. The number of anilines is 1. The van der Waals surface area contributed by atoms with Crippen LogP contribution in [0.3, 0.4) is 0 Å². The normalized spacial score (nSPS) is 10.3. The maximum atomic E-state index is 5.29.